The number of pyridine rings is 1. The van der Waals surface area contributed by atoms with Crippen LogP contribution in [0.2, 0.25) is 0 Å². The molecule has 3 aromatic rings. The van der Waals surface area contributed by atoms with Gasteiger partial charge in [-0.3, -0.25) is 9.71 Å². The molecule has 0 radical (unpaired) electrons. The number of rotatable bonds is 3. The smallest absolute Gasteiger partial charge is 0.256 e. The third kappa shape index (κ3) is 2.40. The van der Waals surface area contributed by atoms with E-state index in [0.717, 1.165) is 22.2 Å². The second kappa shape index (κ2) is 4.56. The predicted molar refractivity (Wildman–Crippen MR) is 72.5 cm³/mol. The Balaban J connectivity index is 2.03. The first-order valence-corrected chi connectivity index (χ1v) is 7.65. The highest BCUT2D eigenvalue weighted by Gasteiger charge is 2.16. The lowest BCUT2D eigenvalue weighted by Crippen LogP contribution is -2.12. The summed E-state index contributed by atoms with van der Waals surface area (Å²) < 4.78 is 26.7. The molecule has 0 saturated heterocycles. The Labute approximate surface area is 113 Å². The van der Waals surface area contributed by atoms with E-state index in [9.17, 15) is 8.42 Å². The van der Waals surface area contributed by atoms with Crippen LogP contribution in [0, 0.1) is 0 Å². The quantitative estimate of drug-likeness (QED) is 0.796. The molecule has 1 aromatic carbocycles. The molecular weight excluding hydrogens is 284 g/mol. The summed E-state index contributed by atoms with van der Waals surface area (Å²) in [5, 5.41) is 8.24. The van der Waals surface area contributed by atoms with Gasteiger partial charge in [0.25, 0.3) is 10.0 Å². The Kier molecular flexibility index (Phi) is 2.88. The van der Waals surface area contributed by atoms with Crippen molar-refractivity contribution in [2.24, 2.45) is 0 Å². The molecule has 2 heterocycles. The van der Waals surface area contributed by atoms with Crippen LogP contribution in [0.25, 0.3) is 10.9 Å². The number of nitrogens with zero attached hydrogens (tertiary/aromatic N) is 3. The van der Waals surface area contributed by atoms with Gasteiger partial charge in [-0.25, -0.2) is 8.42 Å². The molecule has 8 heteroatoms. The Bertz CT molecular complexity index is 816. The van der Waals surface area contributed by atoms with Crippen LogP contribution in [0.3, 0.4) is 0 Å². The minimum Gasteiger partial charge on any atom is -0.256 e. The van der Waals surface area contributed by atoms with Crippen molar-refractivity contribution in [1.82, 2.24) is 15.2 Å². The lowest BCUT2D eigenvalue weighted by atomic mass is 10.2. The van der Waals surface area contributed by atoms with Crippen molar-refractivity contribution in [1.29, 1.82) is 0 Å². The molecule has 6 nitrogen and oxygen atoms in total. The average molecular weight is 292 g/mol. The first-order valence-electron chi connectivity index (χ1n) is 5.29. The van der Waals surface area contributed by atoms with Gasteiger partial charge in [-0.15, -0.1) is 10.2 Å². The number of nitrogens with one attached hydrogen (secondary N) is 1. The molecule has 0 aliphatic rings. The molecule has 0 aliphatic carbocycles. The van der Waals surface area contributed by atoms with Gasteiger partial charge in [0.15, 0.2) is 0 Å². The summed E-state index contributed by atoms with van der Waals surface area (Å²) in [5.41, 5.74) is 2.21. The van der Waals surface area contributed by atoms with Gasteiger partial charge < -0.3 is 0 Å². The van der Waals surface area contributed by atoms with Gasteiger partial charge in [0.1, 0.15) is 5.51 Å². The van der Waals surface area contributed by atoms with Crippen LogP contribution >= 0.6 is 11.3 Å². The molecule has 3 rings (SSSR count). The number of aromatic nitrogens is 3. The summed E-state index contributed by atoms with van der Waals surface area (Å²) in [5.74, 6) is 0. The Hall–Kier alpha value is -2.06. The van der Waals surface area contributed by atoms with E-state index in [2.05, 4.69) is 19.9 Å². The van der Waals surface area contributed by atoms with Gasteiger partial charge in [-0.2, -0.15) is 0 Å². The molecule has 0 atom stereocenters. The van der Waals surface area contributed by atoms with Crippen molar-refractivity contribution < 1.29 is 8.42 Å². The first-order chi connectivity index (χ1) is 9.15. The van der Waals surface area contributed by atoms with Gasteiger partial charge in [0.05, 0.1) is 10.4 Å². The molecule has 96 valence electrons. The largest absolute Gasteiger partial charge is 0.263 e. The number of sulfonamides is 1. The van der Waals surface area contributed by atoms with Gasteiger partial charge in [-0.05, 0) is 24.3 Å². The molecular formula is C11H8N4O2S2. The lowest BCUT2D eigenvalue weighted by Gasteiger charge is -2.05. The first kappa shape index (κ1) is 12.0. The second-order valence-corrected chi connectivity index (χ2v) is 6.22. The maximum atomic E-state index is 12.2. The van der Waals surface area contributed by atoms with Gasteiger partial charge in [0, 0.05) is 11.6 Å². The molecule has 0 amide bonds. The van der Waals surface area contributed by atoms with E-state index in [1.165, 1.54) is 11.6 Å². The normalized spacial score (nSPS) is 11.6. The SMILES string of the molecule is O=S(=O)(Nc1nncs1)c1ccc2ncccc2c1. The summed E-state index contributed by atoms with van der Waals surface area (Å²) in [6.45, 7) is 0. The average Bonchev–Trinajstić information content (AvgIpc) is 2.90. The molecule has 2 aromatic heterocycles. The van der Waals surface area contributed by atoms with E-state index >= 15 is 0 Å². The summed E-state index contributed by atoms with van der Waals surface area (Å²) in [6.07, 6.45) is 1.66. The molecule has 0 unspecified atom stereocenters. The van der Waals surface area contributed by atoms with Gasteiger partial charge in [0.2, 0.25) is 5.13 Å². The standard InChI is InChI=1S/C11H8N4O2S2/c16-19(17,15-11-14-13-7-18-11)9-3-4-10-8(6-9)2-1-5-12-10/h1-7H,(H,14,15). The zero-order valence-electron chi connectivity index (χ0n) is 9.52. The van der Waals surface area contributed by atoms with Crippen molar-refractivity contribution in [2.75, 3.05) is 4.72 Å². The van der Waals surface area contributed by atoms with Crippen LogP contribution in [0.4, 0.5) is 5.13 Å². The van der Waals surface area contributed by atoms with E-state index in [1.54, 1.807) is 24.4 Å². The molecule has 0 aliphatic heterocycles. The maximum Gasteiger partial charge on any atom is 0.263 e. The maximum absolute atomic E-state index is 12.2. The van der Waals surface area contributed by atoms with Crippen LogP contribution < -0.4 is 4.72 Å². The number of hydrogen-bond acceptors (Lipinski definition) is 6. The Morgan fingerprint density at radius 2 is 2.11 bits per heavy atom. The summed E-state index contributed by atoms with van der Waals surface area (Å²) in [6, 6.07) is 8.33. The van der Waals surface area contributed by atoms with Gasteiger partial charge >= 0.3 is 0 Å². The van der Waals surface area contributed by atoms with Crippen molar-refractivity contribution in [3.63, 3.8) is 0 Å². The third-order valence-corrected chi connectivity index (χ3v) is 4.54. The molecule has 1 N–H and O–H groups in total. The lowest BCUT2D eigenvalue weighted by molar-refractivity contribution is 0.601. The summed E-state index contributed by atoms with van der Waals surface area (Å²) in [7, 11) is -3.64. The van der Waals surface area contributed by atoms with Crippen LogP contribution in [-0.4, -0.2) is 23.6 Å². The van der Waals surface area contributed by atoms with E-state index in [0.29, 0.717) is 0 Å². The summed E-state index contributed by atoms with van der Waals surface area (Å²) >= 11 is 1.12. The minimum absolute atomic E-state index is 0.170. The second-order valence-electron chi connectivity index (χ2n) is 3.71. The molecule has 0 saturated carbocycles. The van der Waals surface area contributed by atoms with Crippen molar-refractivity contribution in [2.45, 2.75) is 4.90 Å². The van der Waals surface area contributed by atoms with E-state index in [-0.39, 0.29) is 10.0 Å². The topological polar surface area (TPSA) is 84.8 Å². The number of anilines is 1. The highest BCUT2D eigenvalue weighted by Crippen LogP contribution is 2.20. The Morgan fingerprint density at radius 1 is 1.21 bits per heavy atom. The number of benzene rings is 1. The highest BCUT2D eigenvalue weighted by atomic mass is 32.2. The fraction of sp³-hybridized carbons (Fsp3) is 0. The Morgan fingerprint density at radius 3 is 2.89 bits per heavy atom. The molecule has 0 fully saturated rings. The van der Waals surface area contributed by atoms with E-state index in [4.69, 9.17) is 0 Å². The van der Waals surface area contributed by atoms with E-state index < -0.39 is 10.0 Å². The summed E-state index contributed by atoms with van der Waals surface area (Å²) in [4.78, 5) is 4.31. The van der Waals surface area contributed by atoms with Crippen LogP contribution in [0.15, 0.2) is 46.9 Å². The molecule has 0 bridgehead atoms. The van der Waals surface area contributed by atoms with E-state index in [1.807, 2.05) is 6.07 Å². The van der Waals surface area contributed by atoms with Crippen LogP contribution in [0.5, 0.6) is 0 Å². The van der Waals surface area contributed by atoms with Crippen LogP contribution in [-0.2, 0) is 10.0 Å². The monoisotopic (exact) mass is 292 g/mol. The minimum atomic E-state index is -3.64. The fourth-order valence-corrected chi connectivity index (χ4v) is 3.34. The molecule has 0 spiro atoms. The van der Waals surface area contributed by atoms with Crippen molar-refractivity contribution >= 4 is 37.4 Å². The fourth-order valence-electron chi connectivity index (χ4n) is 1.61. The molecule has 19 heavy (non-hydrogen) atoms. The number of fused-ring (bicyclic) bond motifs is 1. The third-order valence-electron chi connectivity index (χ3n) is 2.47. The van der Waals surface area contributed by atoms with Crippen LogP contribution in [0.1, 0.15) is 0 Å². The zero-order chi connectivity index (χ0) is 13.3. The number of hydrogen-bond donors (Lipinski definition) is 1. The highest BCUT2D eigenvalue weighted by molar-refractivity contribution is 7.93. The predicted octanol–water partition coefficient (Wildman–Crippen LogP) is 1.89. The zero-order valence-corrected chi connectivity index (χ0v) is 11.1. The van der Waals surface area contributed by atoms with Crippen molar-refractivity contribution in [3.8, 4) is 0 Å². The van der Waals surface area contributed by atoms with Crippen molar-refractivity contribution in [3.05, 3.63) is 42.0 Å². The van der Waals surface area contributed by atoms with Gasteiger partial charge in [-0.1, -0.05) is 17.4 Å².